The Morgan fingerprint density at radius 3 is 1.62 bits per heavy atom. The van der Waals surface area contributed by atoms with Crippen LogP contribution in [-0.2, 0) is 0 Å². The molecule has 0 fully saturated rings. The summed E-state index contributed by atoms with van der Waals surface area (Å²) in [4.78, 5) is 0. The fraction of sp³-hybridized carbons (Fsp3) is 0. The monoisotopic (exact) mass is 638 g/mol. The Morgan fingerprint density at radius 2 is 0.940 bits per heavy atom. The van der Waals surface area contributed by atoms with Crippen molar-refractivity contribution in [1.29, 1.82) is 10.5 Å². The summed E-state index contributed by atoms with van der Waals surface area (Å²) in [6, 6.07) is 49.7. The summed E-state index contributed by atoms with van der Waals surface area (Å²) < 4.78 is 17.3. The molecule has 230 valence electrons. The van der Waals surface area contributed by atoms with Gasteiger partial charge in [-0.3, -0.25) is 0 Å². The van der Waals surface area contributed by atoms with Gasteiger partial charge in [-0.05, 0) is 97.1 Å². The first-order valence-corrected chi connectivity index (χ1v) is 16.4. The van der Waals surface area contributed by atoms with E-state index in [4.69, 9.17) is 8.83 Å². The molecule has 0 aliphatic carbocycles. The van der Waals surface area contributed by atoms with Crippen LogP contribution in [0, 0.1) is 22.7 Å². The van der Waals surface area contributed by atoms with Crippen molar-refractivity contribution in [2.75, 3.05) is 0 Å². The number of hydrogen-bond donors (Lipinski definition) is 0. The van der Waals surface area contributed by atoms with Crippen LogP contribution in [0.5, 0.6) is 0 Å². The van der Waals surface area contributed by atoms with Crippen molar-refractivity contribution in [3.63, 3.8) is 0 Å². The summed E-state index contributed by atoms with van der Waals surface area (Å²) >= 11 is 0. The maximum atomic E-state index is 9.66. The largest absolute Gasteiger partial charge is 0.456 e. The van der Waals surface area contributed by atoms with Crippen LogP contribution in [0.3, 0.4) is 0 Å². The van der Waals surface area contributed by atoms with Crippen molar-refractivity contribution in [2.24, 2.45) is 0 Å². The maximum Gasteiger partial charge on any atom is 0.137 e. The van der Waals surface area contributed by atoms with Crippen molar-refractivity contribution >= 4 is 87.5 Å². The van der Waals surface area contributed by atoms with E-state index in [0.717, 1.165) is 88.1 Å². The molecule has 0 atom stereocenters. The summed E-state index contributed by atoms with van der Waals surface area (Å²) in [7, 11) is 0. The van der Waals surface area contributed by atoms with E-state index in [0.29, 0.717) is 11.1 Å². The first kappa shape index (κ1) is 26.8. The van der Waals surface area contributed by atoms with Gasteiger partial charge in [0.15, 0.2) is 0 Å². The predicted octanol–water partition coefficient (Wildman–Crippen LogP) is 11.4. The highest BCUT2D eigenvalue weighted by molar-refractivity contribution is 6.24. The molecular formula is C44H22N4O2. The predicted molar refractivity (Wildman–Crippen MR) is 199 cm³/mol. The summed E-state index contributed by atoms with van der Waals surface area (Å²) in [6.45, 7) is 0. The Kier molecular flexibility index (Phi) is 5.16. The standard InChI is InChI=1S/C44H22N4O2/c45-23-25-9-14-37-32(19-25)33-20-26(24-46)10-15-38(33)47(37)27-11-16-40-34(21-27)35-22-28(12-17-41(35)49-40)48-36-7-3-1-5-29(36)30-13-18-42-43(44(30)48)31-6-2-4-8-39(31)50-42/h1-22H. The van der Waals surface area contributed by atoms with Gasteiger partial charge in [0.1, 0.15) is 22.3 Å². The summed E-state index contributed by atoms with van der Waals surface area (Å²) in [5.41, 5.74) is 10.6. The molecule has 6 heteroatoms. The molecule has 0 radical (unpaired) electrons. The average Bonchev–Trinajstić information content (AvgIpc) is 3.91. The third kappa shape index (κ3) is 3.49. The highest BCUT2D eigenvalue weighted by Crippen LogP contribution is 2.42. The van der Waals surface area contributed by atoms with Crippen LogP contribution in [0.15, 0.2) is 142 Å². The number of hydrogen-bond acceptors (Lipinski definition) is 4. The molecule has 50 heavy (non-hydrogen) atoms. The van der Waals surface area contributed by atoms with Crippen molar-refractivity contribution in [1.82, 2.24) is 9.13 Å². The molecule has 0 bridgehead atoms. The summed E-state index contributed by atoms with van der Waals surface area (Å²) in [6.07, 6.45) is 0. The normalized spacial score (nSPS) is 12.0. The molecule has 0 unspecified atom stereocenters. The fourth-order valence-corrected chi connectivity index (χ4v) is 8.01. The number of para-hydroxylation sites is 2. The third-order valence-corrected chi connectivity index (χ3v) is 10.2. The molecule has 6 nitrogen and oxygen atoms in total. The Morgan fingerprint density at radius 1 is 0.400 bits per heavy atom. The number of fused-ring (bicyclic) bond motifs is 13. The van der Waals surface area contributed by atoms with Gasteiger partial charge in [-0.2, -0.15) is 10.5 Å². The van der Waals surface area contributed by atoms with E-state index in [9.17, 15) is 10.5 Å². The lowest BCUT2D eigenvalue weighted by atomic mass is 10.1. The molecule has 0 saturated heterocycles. The van der Waals surface area contributed by atoms with Crippen LogP contribution in [-0.4, -0.2) is 9.13 Å². The van der Waals surface area contributed by atoms with Crippen molar-refractivity contribution < 1.29 is 8.83 Å². The molecular weight excluding hydrogens is 617 g/mol. The first-order valence-electron chi connectivity index (χ1n) is 16.4. The third-order valence-electron chi connectivity index (χ3n) is 10.2. The van der Waals surface area contributed by atoms with Crippen LogP contribution in [0.25, 0.3) is 98.9 Å². The topological polar surface area (TPSA) is 83.7 Å². The molecule has 11 rings (SSSR count). The molecule has 7 aromatic carbocycles. The van der Waals surface area contributed by atoms with E-state index in [-0.39, 0.29) is 0 Å². The lowest BCUT2D eigenvalue weighted by Crippen LogP contribution is -1.94. The Bertz CT molecular complexity index is 3280. The van der Waals surface area contributed by atoms with Crippen LogP contribution >= 0.6 is 0 Å². The molecule has 0 N–H and O–H groups in total. The number of rotatable bonds is 2. The van der Waals surface area contributed by atoms with E-state index in [2.05, 4.69) is 100 Å². The van der Waals surface area contributed by atoms with Gasteiger partial charge in [-0.1, -0.05) is 36.4 Å². The number of benzene rings is 7. The van der Waals surface area contributed by atoms with Crippen molar-refractivity contribution in [2.45, 2.75) is 0 Å². The van der Waals surface area contributed by atoms with E-state index in [1.807, 2.05) is 54.6 Å². The maximum absolute atomic E-state index is 9.66. The van der Waals surface area contributed by atoms with Gasteiger partial charge in [0.2, 0.25) is 0 Å². The first-order chi connectivity index (χ1) is 24.7. The van der Waals surface area contributed by atoms with E-state index >= 15 is 0 Å². The zero-order valence-corrected chi connectivity index (χ0v) is 26.3. The van der Waals surface area contributed by atoms with Crippen LogP contribution in [0.4, 0.5) is 0 Å². The Balaban J connectivity index is 1.19. The van der Waals surface area contributed by atoms with E-state index in [1.165, 1.54) is 10.8 Å². The zero-order valence-electron chi connectivity index (χ0n) is 26.3. The van der Waals surface area contributed by atoms with Crippen LogP contribution in [0.1, 0.15) is 11.1 Å². The smallest absolute Gasteiger partial charge is 0.137 e. The van der Waals surface area contributed by atoms with E-state index in [1.54, 1.807) is 0 Å². The van der Waals surface area contributed by atoms with Crippen molar-refractivity contribution in [3.8, 4) is 23.5 Å². The number of aromatic nitrogens is 2. The highest BCUT2D eigenvalue weighted by atomic mass is 16.3. The van der Waals surface area contributed by atoms with Gasteiger partial charge < -0.3 is 18.0 Å². The summed E-state index contributed by atoms with van der Waals surface area (Å²) in [5, 5.41) is 27.7. The lowest BCUT2D eigenvalue weighted by Gasteiger charge is -2.10. The van der Waals surface area contributed by atoms with Gasteiger partial charge in [0, 0.05) is 49.1 Å². The number of furan rings is 2. The molecule has 4 heterocycles. The highest BCUT2D eigenvalue weighted by Gasteiger charge is 2.20. The summed E-state index contributed by atoms with van der Waals surface area (Å²) in [5.74, 6) is 0. The Hall–Kier alpha value is -7.28. The van der Waals surface area contributed by atoms with Gasteiger partial charge in [-0.15, -0.1) is 0 Å². The van der Waals surface area contributed by atoms with Crippen molar-refractivity contribution in [3.05, 3.63) is 145 Å². The zero-order chi connectivity index (χ0) is 33.1. The van der Waals surface area contributed by atoms with E-state index < -0.39 is 0 Å². The second kappa shape index (κ2) is 9.64. The minimum absolute atomic E-state index is 0.577. The molecule has 0 spiro atoms. The van der Waals surface area contributed by atoms with Gasteiger partial charge >= 0.3 is 0 Å². The van der Waals surface area contributed by atoms with Crippen LogP contribution in [0.2, 0.25) is 0 Å². The second-order valence-electron chi connectivity index (χ2n) is 12.8. The van der Waals surface area contributed by atoms with Crippen LogP contribution < -0.4 is 0 Å². The fourth-order valence-electron chi connectivity index (χ4n) is 8.01. The molecule has 0 amide bonds. The molecule has 0 saturated carbocycles. The number of nitriles is 2. The SMILES string of the molecule is N#Cc1ccc2c(c1)c1cc(C#N)ccc1n2-c1ccc2oc3ccc(-n4c5ccccc5c5ccc6oc7ccccc7c6c54)cc3c2c1. The van der Waals surface area contributed by atoms with Gasteiger partial charge in [0.25, 0.3) is 0 Å². The minimum Gasteiger partial charge on any atom is -0.456 e. The van der Waals surface area contributed by atoms with Gasteiger partial charge in [0.05, 0.1) is 50.7 Å². The lowest BCUT2D eigenvalue weighted by molar-refractivity contribution is 0.668. The molecule has 11 aromatic rings. The quantitative estimate of drug-likeness (QED) is 0.189. The minimum atomic E-state index is 0.577. The Labute approximate surface area is 283 Å². The second-order valence-corrected chi connectivity index (χ2v) is 12.8. The molecule has 4 aromatic heterocycles. The average molecular weight is 639 g/mol. The molecule has 0 aliphatic heterocycles. The molecule has 0 aliphatic rings. The van der Waals surface area contributed by atoms with Gasteiger partial charge in [-0.25, -0.2) is 0 Å². The number of nitrogens with zero attached hydrogens (tertiary/aromatic N) is 4.